The van der Waals surface area contributed by atoms with E-state index in [4.69, 9.17) is 23.8 Å². The number of hydrogen-bond donors (Lipinski definition) is 3. The number of rotatable bonds is 3. The summed E-state index contributed by atoms with van der Waals surface area (Å²) in [5, 5.41) is 6.78. The first-order valence-corrected chi connectivity index (χ1v) is 9.58. The van der Waals surface area contributed by atoms with Crippen molar-refractivity contribution in [1.82, 2.24) is 10.2 Å². The summed E-state index contributed by atoms with van der Waals surface area (Å²) in [6.45, 7) is 9.77. The average molecular weight is 402 g/mol. The van der Waals surface area contributed by atoms with Crippen LogP contribution in [0.5, 0.6) is 0 Å². The molecule has 1 aliphatic heterocycles. The van der Waals surface area contributed by atoms with E-state index >= 15 is 0 Å². The smallest absolute Gasteiger partial charge is 0.275 e. The van der Waals surface area contributed by atoms with Crippen LogP contribution in [0.15, 0.2) is 18.2 Å². The van der Waals surface area contributed by atoms with Crippen LogP contribution in [0.25, 0.3) is 0 Å². The zero-order valence-corrected chi connectivity index (χ0v) is 17.1. The lowest BCUT2D eigenvalue weighted by molar-refractivity contribution is -0.889. The lowest BCUT2D eigenvalue weighted by Gasteiger charge is -2.24. The van der Waals surface area contributed by atoms with Gasteiger partial charge in [-0.05, 0) is 51.2 Å². The number of halogens is 2. The molecule has 0 aliphatic carbocycles. The fourth-order valence-corrected chi connectivity index (χ4v) is 3.38. The van der Waals surface area contributed by atoms with Gasteiger partial charge in [0, 0.05) is 24.2 Å². The molecule has 1 aliphatic rings. The minimum Gasteiger partial charge on any atom is -0.347 e. The number of thiocarbonyl (C=S) groups is 1. The molecule has 0 aromatic heterocycles. The largest absolute Gasteiger partial charge is 0.347 e. The predicted octanol–water partition coefficient (Wildman–Crippen LogP) is 1.68. The van der Waals surface area contributed by atoms with Crippen molar-refractivity contribution in [3.8, 4) is 0 Å². The molecule has 0 saturated carbocycles. The van der Waals surface area contributed by atoms with Gasteiger partial charge in [0.1, 0.15) is 5.82 Å². The molecule has 2 rings (SSSR count). The van der Waals surface area contributed by atoms with E-state index in [1.54, 1.807) is 6.07 Å². The second-order valence-electron chi connectivity index (χ2n) is 7.62. The maximum atomic E-state index is 13.3. The van der Waals surface area contributed by atoms with Gasteiger partial charge in [0.25, 0.3) is 5.91 Å². The standard InChI is InChI=1S/C18H26ClFN4OS/c1-18(2,3)22-16(25)12-23-7-4-8-24(10-9-23)17(26)21-13-5-6-15(20)14(19)11-13/h5-6,11H,4,7-10,12H2,1-3H3,(H,21,26)(H,22,25)/p+1. The van der Waals surface area contributed by atoms with Crippen molar-refractivity contribution >= 4 is 40.5 Å². The summed E-state index contributed by atoms with van der Waals surface area (Å²) in [4.78, 5) is 15.5. The fraction of sp³-hybridized carbons (Fsp3) is 0.556. The molecule has 1 fully saturated rings. The van der Waals surface area contributed by atoms with Crippen LogP contribution in [0.4, 0.5) is 10.1 Å². The molecule has 144 valence electrons. The van der Waals surface area contributed by atoms with E-state index in [0.29, 0.717) is 17.3 Å². The van der Waals surface area contributed by atoms with Crippen LogP contribution in [0.3, 0.4) is 0 Å². The van der Waals surface area contributed by atoms with Crippen LogP contribution in [-0.4, -0.2) is 54.2 Å². The summed E-state index contributed by atoms with van der Waals surface area (Å²) in [6.07, 6.45) is 0.949. The lowest BCUT2D eigenvalue weighted by Crippen LogP contribution is -3.13. The molecule has 0 radical (unpaired) electrons. The lowest BCUT2D eigenvalue weighted by atomic mass is 10.1. The molecule has 1 amide bonds. The van der Waals surface area contributed by atoms with Crippen molar-refractivity contribution in [2.45, 2.75) is 32.7 Å². The minimum atomic E-state index is -0.453. The number of carbonyl (C=O) groups is 1. The van der Waals surface area contributed by atoms with Crippen LogP contribution in [0, 0.1) is 5.82 Å². The summed E-state index contributed by atoms with van der Waals surface area (Å²) in [5.41, 5.74) is 0.454. The third-order valence-corrected chi connectivity index (χ3v) is 4.73. The third-order valence-electron chi connectivity index (χ3n) is 4.08. The van der Waals surface area contributed by atoms with Crippen LogP contribution in [0.2, 0.25) is 5.02 Å². The summed E-state index contributed by atoms with van der Waals surface area (Å²) < 4.78 is 13.3. The molecule has 1 unspecified atom stereocenters. The highest BCUT2D eigenvalue weighted by Crippen LogP contribution is 2.19. The maximum absolute atomic E-state index is 13.3. The molecule has 8 heteroatoms. The number of hydrogen-bond acceptors (Lipinski definition) is 2. The van der Waals surface area contributed by atoms with Crippen molar-refractivity contribution in [2.75, 3.05) is 38.0 Å². The number of nitrogens with one attached hydrogen (secondary N) is 3. The van der Waals surface area contributed by atoms with Crippen LogP contribution in [-0.2, 0) is 4.79 Å². The molecular weight excluding hydrogens is 375 g/mol. The van der Waals surface area contributed by atoms with Gasteiger partial charge in [-0.1, -0.05) is 11.6 Å². The molecule has 1 atom stereocenters. The van der Waals surface area contributed by atoms with Crippen LogP contribution in [0.1, 0.15) is 27.2 Å². The molecule has 26 heavy (non-hydrogen) atoms. The molecule has 3 N–H and O–H groups in total. The van der Waals surface area contributed by atoms with E-state index < -0.39 is 5.82 Å². The Kier molecular flexibility index (Phi) is 7.20. The summed E-state index contributed by atoms with van der Waals surface area (Å²) >= 11 is 11.3. The monoisotopic (exact) mass is 401 g/mol. The first kappa shape index (κ1) is 20.9. The molecule has 1 aromatic rings. The summed E-state index contributed by atoms with van der Waals surface area (Å²) in [7, 11) is 0. The average Bonchev–Trinajstić information content (AvgIpc) is 2.74. The highest BCUT2D eigenvalue weighted by atomic mass is 35.5. The number of amides is 1. The minimum absolute atomic E-state index is 0.0640. The van der Waals surface area contributed by atoms with E-state index in [0.717, 1.165) is 32.6 Å². The molecule has 0 spiro atoms. The first-order chi connectivity index (χ1) is 12.1. The molecule has 1 aromatic carbocycles. The van der Waals surface area contributed by atoms with Crippen LogP contribution < -0.4 is 15.5 Å². The van der Waals surface area contributed by atoms with E-state index in [2.05, 4.69) is 15.5 Å². The Morgan fingerprint density at radius 1 is 1.35 bits per heavy atom. The Morgan fingerprint density at radius 3 is 2.73 bits per heavy atom. The van der Waals surface area contributed by atoms with Gasteiger partial charge in [-0.2, -0.15) is 0 Å². The van der Waals surface area contributed by atoms with Gasteiger partial charge >= 0.3 is 0 Å². The second kappa shape index (κ2) is 8.97. The summed E-state index contributed by atoms with van der Waals surface area (Å²) in [6, 6.07) is 4.45. The van der Waals surface area contributed by atoms with E-state index in [-0.39, 0.29) is 16.5 Å². The van der Waals surface area contributed by atoms with E-state index in [1.807, 2.05) is 20.8 Å². The molecule has 1 heterocycles. The number of quaternary nitrogens is 1. The summed E-state index contributed by atoms with van der Waals surface area (Å²) in [5.74, 6) is -0.381. The highest BCUT2D eigenvalue weighted by Gasteiger charge is 2.23. The zero-order chi connectivity index (χ0) is 19.3. The Hall–Kier alpha value is -1.44. The third kappa shape index (κ3) is 6.70. The number of nitrogens with zero attached hydrogens (tertiary/aromatic N) is 1. The van der Waals surface area contributed by atoms with Gasteiger partial charge in [-0.3, -0.25) is 4.79 Å². The second-order valence-corrected chi connectivity index (χ2v) is 8.42. The molecule has 0 bridgehead atoms. The van der Waals surface area contributed by atoms with Crippen molar-refractivity contribution in [3.63, 3.8) is 0 Å². The number of anilines is 1. The maximum Gasteiger partial charge on any atom is 0.275 e. The normalized spacial score (nSPS) is 18.2. The van der Waals surface area contributed by atoms with Crippen molar-refractivity contribution < 1.29 is 14.1 Å². The van der Waals surface area contributed by atoms with Crippen LogP contribution >= 0.6 is 23.8 Å². The van der Waals surface area contributed by atoms with Crippen molar-refractivity contribution in [3.05, 3.63) is 29.0 Å². The SMILES string of the molecule is CC(C)(C)NC(=O)C[NH+]1CCCN(C(=S)Nc2ccc(F)c(Cl)c2)CC1. The van der Waals surface area contributed by atoms with E-state index in [1.165, 1.54) is 17.0 Å². The Labute approximate surface area is 164 Å². The number of carbonyl (C=O) groups excluding carboxylic acids is 1. The fourth-order valence-electron chi connectivity index (χ4n) is 2.90. The van der Waals surface area contributed by atoms with Gasteiger partial charge in [-0.15, -0.1) is 0 Å². The first-order valence-electron chi connectivity index (χ1n) is 8.79. The van der Waals surface area contributed by atoms with Gasteiger partial charge in [-0.25, -0.2) is 4.39 Å². The molecule has 5 nitrogen and oxygen atoms in total. The van der Waals surface area contributed by atoms with Gasteiger partial charge in [0.2, 0.25) is 0 Å². The molecular formula is C18H27ClFN4OS+. The van der Waals surface area contributed by atoms with Crippen molar-refractivity contribution in [2.24, 2.45) is 0 Å². The topological polar surface area (TPSA) is 48.8 Å². The molecule has 1 saturated heterocycles. The zero-order valence-electron chi connectivity index (χ0n) is 15.5. The van der Waals surface area contributed by atoms with Gasteiger partial charge < -0.3 is 20.4 Å². The highest BCUT2D eigenvalue weighted by molar-refractivity contribution is 7.80. The quantitative estimate of drug-likeness (QED) is 0.674. The Balaban J connectivity index is 1.86. The Morgan fingerprint density at radius 2 is 2.08 bits per heavy atom. The number of benzene rings is 1. The van der Waals surface area contributed by atoms with Crippen molar-refractivity contribution in [1.29, 1.82) is 0 Å². The van der Waals surface area contributed by atoms with E-state index in [9.17, 15) is 9.18 Å². The Bertz CT molecular complexity index is 665. The van der Waals surface area contributed by atoms with Gasteiger partial charge in [0.05, 0.1) is 24.7 Å². The van der Waals surface area contributed by atoms with Gasteiger partial charge in [0.15, 0.2) is 11.7 Å². The predicted molar refractivity (Wildman–Crippen MR) is 107 cm³/mol.